The molecule has 4 aromatic rings. The van der Waals surface area contributed by atoms with Crippen molar-refractivity contribution in [2.24, 2.45) is 0 Å². The Kier molecular flexibility index (Phi) is 3.34. The Morgan fingerprint density at radius 2 is 1.38 bits per heavy atom. The van der Waals surface area contributed by atoms with Crippen molar-refractivity contribution < 1.29 is 10.2 Å². The molecule has 0 saturated heterocycles. The predicted octanol–water partition coefficient (Wildman–Crippen LogP) is 5.28. The van der Waals surface area contributed by atoms with Crippen LogP contribution in [0.5, 0.6) is 5.75 Å². The van der Waals surface area contributed by atoms with Crippen molar-refractivity contribution in [3.8, 4) is 28.0 Å². The number of phenolic OH excluding ortho intramolecular Hbond substituents is 1. The average molecular weight is 338 g/mol. The third-order valence-corrected chi connectivity index (χ3v) is 5.42. The van der Waals surface area contributed by atoms with Gasteiger partial charge in [-0.2, -0.15) is 0 Å². The highest BCUT2D eigenvalue weighted by atomic mass is 16.3. The van der Waals surface area contributed by atoms with Crippen LogP contribution in [0.25, 0.3) is 33.0 Å². The van der Waals surface area contributed by atoms with Crippen LogP contribution >= 0.6 is 0 Å². The van der Waals surface area contributed by atoms with Gasteiger partial charge in [-0.3, -0.25) is 0 Å². The van der Waals surface area contributed by atoms with Gasteiger partial charge in [0.25, 0.3) is 0 Å². The number of phenols is 1. The Bertz CT molecular complexity index is 1160. The van der Waals surface area contributed by atoms with Crippen LogP contribution in [0, 0.1) is 0 Å². The summed E-state index contributed by atoms with van der Waals surface area (Å²) in [6.07, 6.45) is 0.908. The molecule has 126 valence electrons. The first kappa shape index (κ1) is 15.2. The molecule has 0 aliphatic heterocycles. The summed E-state index contributed by atoms with van der Waals surface area (Å²) in [6, 6.07) is 24.4. The lowest BCUT2D eigenvalue weighted by Gasteiger charge is -2.15. The smallest absolute Gasteiger partial charge is 0.123 e. The third kappa shape index (κ3) is 2.09. The molecule has 0 unspecified atom stereocenters. The Morgan fingerprint density at radius 1 is 0.692 bits per heavy atom. The summed E-state index contributed by atoms with van der Waals surface area (Å²) in [4.78, 5) is 0. The van der Waals surface area contributed by atoms with Gasteiger partial charge >= 0.3 is 0 Å². The minimum absolute atomic E-state index is 0.0525. The quantitative estimate of drug-likeness (QED) is 0.460. The highest BCUT2D eigenvalue weighted by Gasteiger charge is 2.22. The number of hydrogen-bond acceptors (Lipinski definition) is 2. The molecule has 0 fully saturated rings. The van der Waals surface area contributed by atoms with Crippen molar-refractivity contribution in [2.45, 2.75) is 13.0 Å². The van der Waals surface area contributed by atoms with Gasteiger partial charge in [-0.15, -0.1) is 0 Å². The molecule has 4 aromatic carbocycles. The molecule has 2 nitrogen and oxygen atoms in total. The van der Waals surface area contributed by atoms with Gasteiger partial charge in [0.05, 0.1) is 6.61 Å². The van der Waals surface area contributed by atoms with Gasteiger partial charge in [0.1, 0.15) is 5.75 Å². The molecule has 0 amide bonds. The fourth-order valence-electron chi connectivity index (χ4n) is 4.23. The van der Waals surface area contributed by atoms with Gasteiger partial charge in [0.2, 0.25) is 0 Å². The van der Waals surface area contributed by atoms with E-state index in [1.807, 2.05) is 12.1 Å². The maximum Gasteiger partial charge on any atom is 0.123 e. The molecular formula is C24H18O2. The Morgan fingerprint density at radius 3 is 2.23 bits per heavy atom. The van der Waals surface area contributed by atoms with Gasteiger partial charge in [-0.05, 0) is 56.8 Å². The van der Waals surface area contributed by atoms with E-state index < -0.39 is 0 Å². The molecule has 0 saturated carbocycles. The maximum absolute atomic E-state index is 10.3. The summed E-state index contributed by atoms with van der Waals surface area (Å²) < 4.78 is 0. The molecule has 0 aromatic heterocycles. The van der Waals surface area contributed by atoms with Crippen LogP contribution in [0.1, 0.15) is 16.7 Å². The van der Waals surface area contributed by atoms with Crippen LogP contribution in [0.2, 0.25) is 0 Å². The molecule has 0 heterocycles. The topological polar surface area (TPSA) is 40.5 Å². The molecule has 26 heavy (non-hydrogen) atoms. The standard InChI is InChI=1S/C24H18O2/c25-14-16-11-12-23(26)21-10-4-9-20(24(16)21)19-8-3-7-18-17-6-2-1-5-15(17)13-22(18)19/h1-12,25-26H,13-14H2. The SMILES string of the molecule is OCc1ccc(O)c2cccc(-c3cccc4c3Cc3ccccc3-4)c12. The fraction of sp³-hybridized carbons (Fsp3) is 0.0833. The zero-order chi connectivity index (χ0) is 17.7. The van der Waals surface area contributed by atoms with Gasteiger partial charge in [0, 0.05) is 5.39 Å². The number of aliphatic hydroxyl groups excluding tert-OH is 1. The molecule has 0 spiro atoms. The number of aromatic hydroxyl groups is 1. The first-order valence-corrected chi connectivity index (χ1v) is 8.83. The summed E-state index contributed by atoms with van der Waals surface area (Å²) in [7, 11) is 0. The summed E-state index contributed by atoms with van der Waals surface area (Å²) in [5.41, 5.74) is 8.31. The second kappa shape index (κ2) is 5.72. The highest BCUT2D eigenvalue weighted by Crippen LogP contribution is 2.44. The molecule has 5 rings (SSSR count). The van der Waals surface area contributed by atoms with Crippen LogP contribution in [0.3, 0.4) is 0 Å². The molecule has 2 heteroatoms. The molecule has 2 N–H and O–H groups in total. The lowest BCUT2D eigenvalue weighted by atomic mass is 9.90. The van der Waals surface area contributed by atoms with Gasteiger partial charge < -0.3 is 10.2 Å². The normalized spacial score (nSPS) is 12.2. The summed E-state index contributed by atoms with van der Waals surface area (Å²) in [5.74, 6) is 0.245. The van der Waals surface area contributed by atoms with E-state index in [4.69, 9.17) is 0 Å². The van der Waals surface area contributed by atoms with E-state index in [1.165, 1.54) is 27.8 Å². The largest absolute Gasteiger partial charge is 0.507 e. The third-order valence-electron chi connectivity index (χ3n) is 5.42. The first-order valence-electron chi connectivity index (χ1n) is 8.83. The van der Waals surface area contributed by atoms with E-state index in [9.17, 15) is 10.2 Å². The zero-order valence-electron chi connectivity index (χ0n) is 14.2. The zero-order valence-corrected chi connectivity index (χ0v) is 14.2. The number of benzene rings is 4. The monoisotopic (exact) mass is 338 g/mol. The Hall–Kier alpha value is -3.10. The predicted molar refractivity (Wildman–Crippen MR) is 105 cm³/mol. The van der Waals surface area contributed by atoms with Crippen molar-refractivity contribution in [3.05, 3.63) is 89.5 Å². The van der Waals surface area contributed by atoms with Crippen molar-refractivity contribution in [1.29, 1.82) is 0 Å². The summed E-state index contributed by atoms with van der Waals surface area (Å²) >= 11 is 0. The van der Waals surface area contributed by atoms with Crippen molar-refractivity contribution in [1.82, 2.24) is 0 Å². The van der Waals surface area contributed by atoms with E-state index in [1.54, 1.807) is 12.1 Å². The summed E-state index contributed by atoms with van der Waals surface area (Å²) in [6.45, 7) is -0.0525. The minimum Gasteiger partial charge on any atom is -0.507 e. The van der Waals surface area contributed by atoms with Crippen LogP contribution in [0.4, 0.5) is 0 Å². The lowest BCUT2D eigenvalue weighted by Crippen LogP contribution is -1.93. The number of rotatable bonds is 2. The van der Waals surface area contributed by atoms with Gasteiger partial charge in [-0.1, -0.05) is 66.7 Å². The molecule has 0 radical (unpaired) electrons. The van der Waals surface area contributed by atoms with E-state index in [0.717, 1.165) is 28.3 Å². The van der Waals surface area contributed by atoms with Crippen LogP contribution in [0.15, 0.2) is 72.8 Å². The van der Waals surface area contributed by atoms with E-state index in [2.05, 4.69) is 48.5 Å². The minimum atomic E-state index is -0.0525. The van der Waals surface area contributed by atoms with E-state index in [0.29, 0.717) is 0 Å². The Balaban J connectivity index is 1.83. The average Bonchev–Trinajstić information content (AvgIpc) is 3.07. The molecular weight excluding hydrogens is 320 g/mol. The van der Waals surface area contributed by atoms with Crippen LogP contribution in [-0.2, 0) is 13.0 Å². The van der Waals surface area contributed by atoms with Crippen molar-refractivity contribution >= 4 is 10.8 Å². The molecule has 1 aliphatic rings. The van der Waals surface area contributed by atoms with Gasteiger partial charge in [-0.25, -0.2) is 0 Å². The number of fused-ring (bicyclic) bond motifs is 4. The second-order valence-corrected chi connectivity index (χ2v) is 6.80. The van der Waals surface area contributed by atoms with Crippen molar-refractivity contribution in [2.75, 3.05) is 0 Å². The molecule has 1 aliphatic carbocycles. The summed E-state index contributed by atoms with van der Waals surface area (Å²) in [5, 5.41) is 21.9. The number of aliphatic hydroxyl groups is 1. The highest BCUT2D eigenvalue weighted by molar-refractivity contribution is 6.03. The Labute approximate surface area is 152 Å². The van der Waals surface area contributed by atoms with Crippen LogP contribution < -0.4 is 0 Å². The van der Waals surface area contributed by atoms with Crippen molar-refractivity contribution in [3.63, 3.8) is 0 Å². The molecule has 0 bridgehead atoms. The van der Waals surface area contributed by atoms with Gasteiger partial charge in [0.15, 0.2) is 0 Å². The maximum atomic E-state index is 10.3. The van der Waals surface area contributed by atoms with E-state index in [-0.39, 0.29) is 12.4 Å². The van der Waals surface area contributed by atoms with Crippen LogP contribution in [-0.4, -0.2) is 10.2 Å². The second-order valence-electron chi connectivity index (χ2n) is 6.80. The van der Waals surface area contributed by atoms with E-state index >= 15 is 0 Å². The first-order chi connectivity index (χ1) is 12.8. The lowest BCUT2D eigenvalue weighted by molar-refractivity contribution is 0.283. The fourth-order valence-corrected chi connectivity index (χ4v) is 4.23. The number of hydrogen-bond donors (Lipinski definition) is 2. The molecule has 0 atom stereocenters.